The maximum atomic E-state index is 11.6. The van der Waals surface area contributed by atoms with Crippen LogP contribution in [0, 0.1) is 13.8 Å². The quantitative estimate of drug-likeness (QED) is 0.665. The van der Waals surface area contributed by atoms with Gasteiger partial charge in [-0.1, -0.05) is 6.08 Å². The third-order valence-corrected chi connectivity index (χ3v) is 3.45. The van der Waals surface area contributed by atoms with Crippen LogP contribution in [0.25, 0.3) is 0 Å². The summed E-state index contributed by atoms with van der Waals surface area (Å²) in [5.74, 6) is -0.679. The zero-order valence-corrected chi connectivity index (χ0v) is 11.1. The molecule has 4 nitrogen and oxygen atoms in total. The molecule has 1 N–H and O–H groups in total. The lowest BCUT2D eigenvalue weighted by atomic mass is 10.1. The van der Waals surface area contributed by atoms with Gasteiger partial charge in [0.05, 0.1) is 12.7 Å². The number of anilines is 1. The van der Waals surface area contributed by atoms with Gasteiger partial charge in [0.2, 0.25) is 5.91 Å². The number of hydrogen-bond acceptors (Lipinski definition) is 4. The van der Waals surface area contributed by atoms with Gasteiger partial charge in [-0.05, 0) is 32.4 Å². The van der Waals surface area contributed by atoms with E-state index in [0.29, 0.717) is 10.6 Å². The molecule has 1 amide bonds. The van der Waals surface area contributed by atoms with Crippen molar-refractivity contribution < 1.29 is 14.3 Å². The average Bonchev–Trinajstić information content (AvgIpc) is 2.54. The minimum Gasteiger partial charge on any atom is -0.465 e. The van der Waals surface area contributed by atoms with Crippen LogP contribution in [0.3, 0.4) is 0 Å². The van der Waals surface area contributed by atoms with Gasteiger partial charge < -0.3 is 10.1 Å². The smallest absolute Gasteiger partial charge is 0.341 e. The molecule has 0 bridgehead atoms. The highest BCUT2D eigenvalue weighted by molar-refractivity contribution is 7.16. The van der Waals surface area contributed by atoms with Crippen LogP contribution < -0.4 is 5.32 Å². The molecule has 0 radical (unpaired) electrons. The Kier molecular flexibility index (Phi) is 4.45. The van der Waals surface area contributed by atoms with Crippen LogP contribution in [-0.2, 0) is 9.53 Å². The summed E-state index contributed by atoms with van der Waals surface area (Å²) in [5.41, 5.74) is 1.28. The highest BCUT2D eigenvalue weighted by Crippen LogP contribution is 2.32. The van der Waals surface area contributed by atoms with E-state index in [2.05, 4.69) is 5.32 Å². The van der Waals surface area contributed by atoms with Crippen molar-refractivity contribution in [2.24, 2.45) is 0 Å². The summed E-state index contributed by atoms with van der Waals surface area (Å²) in [6.07, 6.45) is 3.05. The van der Waals surface area contributed by atoms with Gasteiger partial charge in [0.25, 0.3) is 0 Å². The Hall–Kier alpha value is -1.62. The molecule has 1 heterocycles. The molecule has 0 unspecified atom stereocenters. The molecular formula is C12H15NO3S. The zero-order chi connectivity index (χ0) is 13.0. The maximum Gasteiger partial charge on any atom is 0.341 e. The van der Waals surface area contributed by atoms with Gasteiger partial charge in [-0.3, -0.25) is 4.79 Å². The highest BCUT2D eigenvalue weighted by Gasteiger charge is 2.20. The first-order chi connectivity index (χ1) is 8.01. The van der Waals surface area contributed by atoms with E-state index in [0.717, 1.165) is 10.4 Å². The van der Waals surface area contributed by atoms with Gasteiger partial charge in [-0.2, -0.15) is 0 Å². The second-order valence-corrected chi connectivity index (χ2v) is 4.69. The van der Waals surface area contributed by atoms with Gasteiger partial charge >= 0.3 is 5.97 Å². The number of ether oxygens (including phenoxy) is 1. The van der Waals surface area contributed by atoms with Gasteiger partial charge in [-0.15, -0.1) is 11.3 Å². The first-order valence-corrected chi connectivity index (χ1v) is 5.94. The molecule has 0 fully saturated rings. The van der Waals surface area contributed by atoms with Crippen molar-refractivity contribution in [3.8, 4) is 0 Å². The lowest BCUT2D eigenvalue weighted by Crippen LogP contribution is -2.11. The SMILES string of the molecule is C/C=C/C(=O)Nc1sc(C)c(C)c1C(=O)OC. The zero-order valence-electron chi connectivity index (χ0n) is 10.3. The second-order valence-electron chi connectivity index (χ2n) is 3.47. The molecule has 0 atom stereocenters. The number of amides is 1. The molecule has 0 spiro atoms. The van der Waals surface area contributed by atoms with Crippen molar-refractivity contribution in [2.75, 3.05) is 12.4 Å². The number of esters is 1. The minimum atomic E-state index is -0.428. The predicted octanol–water partition coefficient (Wildman–Crippen LogP) is 2.67. The van der Waals surface area contributed by atoms with E-state index in [1.165, 1.54) is 24.5 Å². The Morgan fingerprint density at radius 3 is 2.53 bits per heavy atom. The fourth-order valence-corrected chi connectivity index (χ4v) is 2.42. The molecule has 0 saturated heterocycles. The number of allylic oxidation sites excluding steroid dienone is 1. The summed E-state index contributed by atoms with van der Waals surface area (Å²) in [5, 5.41) is 3.22. The van der Waals surface area contributed by atoms with Gasteiger partial charge in [0.1, 0.15) is 5.00 Å². The minimum absolute atomic E-state index is 0.251. The normalized spacial score (nSPS) is 10.6. The number of aryl methyl sites for hydroxylation is 1. The maximum absolute atomic E-state index is 11.6. The van der Waals surface area contributed by atoms with Crippen molar-refractivity contribution >= 4 is 28.2 Å². The molecule has 1 aromatic rings. The fourth-order valence-electron chi connectivity index (χ4n) is 1.37. The summed E-state index contributed by atoms with van der Waals surface area (Å²) in [6.45, 7) is 5.49. The van der Waals surface area contributed by atoms with E-state index < -0.39 is 5.97 Å². The van der Waals surface area contributed by atoms with Crippen LogP contribution in [0.2, 0.25) is 0 Å². The Labute approximate surface area is 104 Å². The standard InChI is InChI=1S/C12H15NO3S/c1-5-6-9(14)13-11-10(12(15)16-4)7(2)8(3)17-11/h5-6H,1-4H3,(H,13,14)/b6-5+. The monoisotopic (exact) mass is 253 g/mol. The van der Waals surface area contributed by atoms with Gasteiger partial charge in [-0.25, -0.2) is 4.79 Å². The Bertz CT molecular complexity index is 474. The van der Waals surface area contributed by atoms with E-state index in [-0.39, 0.29) is 5.91 Å². The summed E-state index contributed by atoms with van der Waals surface area (Å²) < 4.78 is 4.71. The van der Waals surface area contributed by atoms with E-state index in [9.17, 15) is 9.59 Å². The van der Waals surface area contributed by atoms with Crippen molar-refractivity contribution in [2.45, 2.75) is 20.8 Å². The van der Waals surface area contributed by atoms with Crippen molar-refractivity contribution in [3.63, 3.8) is 0 Å². The molecule has 92 valence electrons. The van der Waals surface area contributed by atoms with Crippen molar-refractivity contribution in [1.29, 1.82) is 0 Å². The number of methoxy groups -OCH3 is 1. The summed E-state index contributed by atoms with van der Waals surface area (Å²) in [7, 11) is 1.33. The number of thiophene rings is 1. The van der Waals surface area contributed by atoms with Crippen molar-refractivity contribution in [3.05, 3.63) is 28.2 Å². The van der Waals surface area contributed by atoms with E-state index >= 15 is 0 Å². The van der Waals surface area contributed by atoms with Gasteiger partial charge in [0, 0.05) is 4.88 Å². The lowest BCUT2D eigenvalue weighted by Gasteiger charge is -2.03. The molecule has 0 aliphatic heterocycles. The Morgan fingerprint density at radius 1 is 1.35 bits per heavy atom. The predicted molar refractivity (Wildman–Crippen MR) is 68.6 cm³/mol. The van der Waals surface area contributed by atoms with Crippen LogP contribution in [0.15, 0.2) is 12.2 Å². The number of carbonyl (C=O) groups is 2. The molecule has 0 saturated carbocycles. The first-order valence-electron chi connectivity index (χ1n) is 5.13. The van der Waals surface area contributed by atoms with Gasteiger partial charge in [0.15, 0.2) is 0 Å². The molecule has 0 aromatic carbocycles. The van der Waals surface area contributed by atoms with Crippen LogP contribution in [0.5, 0.6) is 0 Å². The topological polar surface area (TPSA) is 55.4 Å². The average molecular weight is 253 g/mol. The summed E-state index contributed by atoms with van der Waals surface area (Å²) in [6, 6.07) is 0. The number of nitrogens with one attached hydrogen (secondary N) is 1. The molecule has 1 aromatic heterocycles. The molecule has 0 aliphatic rings. The Balaban J connectivity index is 3.11. The van der Waals surface area contributed by atoms with E-state index in [4.69, 9.17) is 4.74 Å². The van der Waals surface area contributed by atoms with Crippen LogP contribution in [0.4, 0.5) is 5.00 Å². The summed E-state index contributed by atoms with van der Waals surface area (Å²) >= 11 is 1.37. The number of hydrogen-bond donors (Lipinski definition) is 1. The van der Waals surface area contributed by atoms with E-state index in [1.54, 1.807) is 13.0 Å². The lowest BCUT2D eigenvalue weighted by molar-refractivity contribution is -0.111. The van der Waals surface area contributed by atoms with Crippen LogP contribution in [-0.4, -0.2) is 19.0 Å². The first kappa shape index (κ1) is 13.4. The molecular weight excluding hydrogens is 238 g/mol. The van der Waals surface area contributed by atoms with Crippen LogP contribution in [0.1, 0.15) is 27.7 Å². The third-order valence-electron chi connectivity index (χ3n) is 2.33. The molecule has 1 rings (SSSR count). The van der Waals surface area contributed by atoms with E-state index in [1.807, 2.05) is 13.8 Å². The summed E-state index contributed by atoms with van der Waals surface area (Å²) in [4.78, 5) is 24.1. The highest BCUT2D eigenvalue weighted by atomic mass is 32.1. The van der Waals surface area contributed by atoms with Crippen molar-refractivity contribution in [1.82, 2.24) is 0 Å². The Morgan fingerprint density at radius 2 is 2.00 bits per heavy atom. The third kappa shape index (κ3) is 2.94. The number of rotatable bonds is 3. The molecule has 5 heteroatoms. The fraction of sp³-hybridized carbons (Fsp3) is 0.333. The second kappa shape index (κ2) is 5.63. The molecule has 0 aliphatic carbocycles. The number of carbonyl (C=O) groups excluding carboxylic acids is 2. The van der Waals surface area contributed by atoms with Crippen LogP contribution >= 0.6 is 11.3 Å². The molecule has 17 heavy (non-hydrogen) atoms. The largest absolute Gasteiger partial charge is 0.465 e.